The lowest BCUT2D eigenvalue weighted by Crippen LogP contribution is -2.32. The predicted molar refractivity (Wildman–Crippen MR) is 96.3 cm³/mol. The van der Waals surface area contributed by atoms with Gasteiger partial charge in [0.1, 0.15) is 0 Å². The minimum Gasteiger partial charge on any atom is -0.335 e. The Hall–Kier alpha value is -1.98. The molecule has 23 heavy (non-hydrogen) atoms. The summed E-state index contributed by atoms with van der Waals surface area (Å²) in [6.07, 6.45) is 6.97. The molecular weight excluding hydrogens is 330 g/mol. The third kappa shape index (κ3) is 4.74. The number of amides is 1. The van der Waals surface area contributed by atoms with Gasteiger partial charge < -0.3 is 4.90 Å². The van der Waals surface area contributed by atoms with Gasteiger partial charge in [-0.05, 0) is 18.2 Å². The maximum absolute atomic E-state index is 12.3. The van der Waals surface area contributed by atoms with E-state index in [1.54, 1.807) is 23.2 Å². The fourth-order valence-corrected chi connectivity index (χ4v) is 3.09. The van der Waals surface area contributed by atoms with Gasteiger partial charge in [0.05, 0.1) is 5.75 Å². The van der Waals surface area contributed by atoms with Gasteiger partial charge in [0.15, 0.2) is 5.16 Å². The van der Waals surface area contributed by atoms with Gasteiger partial charge in [-0.1, -0.05) is 41.6 Å². The normalized spacial score (nSPS) is 10.3. The van der Waals surface area contributed by atoms with E-state index in [0.717, 1.165) is 10.8 Å². The molecule has 0 fully saturated rings. The Bertz CT molecular complexity index is 689. The Morgan fingerprint density at radius 3 is 2.74 bits per heavy atom. The summed E-state index contributed by atoms with van der Waals surface area (Å²) in [5, 5.41) is 1.41. The lowest BCUT2D eigenvalue weighted by Gasteiger charge is -2.19. The smallest absolute Gasteiger partial charge is 0.233 e. The predicted octanol–water partition coefficient (Wildman–Crippen LogP) is 3.82. The monoisotopic (exact) mass is 347 g/mol. The molecule has 0 aliphatic carbocycles. The van der Waals surface area contributed by atoms with Crippen LogP contribution in [0.2, 0.25) is 5.02 Å². The minimum absolute atomic E-state index is 0.0236. The molecule has 0 unspecified atom stereocenters. The molecule has 0 bridgehead atoms. The van der Waals surface area contributed by atoms with Gasteiger partial charge >= 0.3 is 0 Å². The molecule has 2 rings (SSSR count). The van der Waals surface area contributed by atoms with E-state index in [9.17, 15) is 4.79 Å². The van der Waals surface area contributed by atoms with E-state index in [1.165, 1.54) is 11.8 Å². The molecule has 120 valence electrons. The second kappa shape index (κ2) is 8.60. The highest BCUT2D eigenvalue weighted by molar-refractivity contribution is 7.99. The van der Waals surface area contributed by atoms with Crippen molar-refractivity contribution in [2.24, 2.45) is 0 Å². The van der Waals surface area contributed by atoms with E-state index in [0.29, 0.717) is 23.9 Å². The van der Waals surface area contributed by atoms with E-state index in [-0.39, 0.29) is 5.91 Å². The Labute approximate surface area is 145 Å². The molecule has 0 saturated carbocycles. The maximum atomic E-state index is 12.3. The molecule has 0 spiro atoms. The highest BCUT2D eigenvalue weighted by Gasteiger charge is 2.13. The fraction of sp³-hybridized carbons (Fsp3) is 0.176. The average molecular weight is 348 g/mol. The first kappa shape index (κ1) is 17.4. The number of imidazole rings is 1. The molecular formula is C17H18ClN3OS. The molecule has 6 heteroatoms. The van der Waals surface area contributed by atoms with Crippen LogP contribution in [0.15, 0.2) is 67.1 Å². The number of carbonyl (C=O) groups excluding carboxylic acids is 1. The molecule has 2 aromatic rings. The van der Waals surface area contributed by atoms with Crippen molar-refractivity contribution in [1.82, 2.24) is 14.5 Å². The molecule has 0 N–H and O–H groups in total. The number of hydrogen-bond donors (Lipinski definition) is 0. The van der Waals surface area contributed by atoms with Gasteiger partial charge in [-0.15, -0.1) is 13.2 Å². The van der Waals surface area contributed by atoms with Gasteiger partial charge in [-0.25, -0.2) is 4.98 Å². The van der Waals surface area contributed by atoms with Crippen molar-refractivity contribution in [3.05, 3.63) is 67.0 Å². The van der Waals surface area contributed by atoms with Crippen molar-refractivity contribution >= 4 is 29.3 Å². The van der Waals surface area contributed by atoms with Crippen LogP contribution < -0.4 is 0 Å². The number of hydrogen-bond acceptors (Lipinski definition) is 3. The van der Waals surface area contributed by atoms with Gasteiger partial charge in [-0.3, -0.25) is 9.36 Å². The zero-order chi connectivity index (χ0) is 16.7. The number of benzene rings is 1. The first-order valence-corrected chi connectivity index (χ1v) is 8.43. The summed E-state index contributed by atoms with van der Waals surface area (Å²) in [5.74, 6) is 0.328. The van der Waals surface area contributed by atoms with Crippen molar-refractivity contribution < 1.29 is 4.79 Å². The van der Waals surface area contributed by atoms with Crippen molar-refractivity contribution in [2.45, 2.75) is 5.16 Å². The van der Waals surface area contributed by atoms with Crippen LogP contribution in [0.25, 0.3) is 5.69 Å². The van der Waals surface area contributed by atoms with Crippen LogP contribution in [0.3, 0.4) is 0 Å². The first-order valence-electron chi connectivity index (χ1n) is 7.07. The third-order valence-corrected chi connectivity index (χ3v) is 4.26. The van der Waals surface area contributed by atoms with Gasteiger partial charge in [0, 0.05) is 36.2 Å². The summed E-state index contributed by atoms with van der Waals surface area (Å²) in [6, 6.07) is 7.51. The fourth-order valence-electron chi connectivity index (χ4n) is 2.03. The van der Waals surface area contributed by atoms with Crippen molar-refractivity contribution in [3.8, 4) is 5.69 Å². The van der Waals surface area contributed by atoms with Crippen LogP contribution in [0.4, 0.5) is 0 Å². The summed E-state index contributed by atoms with van der Waals surface area (Å²) in [4.78, 5) is 18.3. The zero-order valence-corrected chi connectivity index (χ0v) is 14.3. The minimum atomic E-state index is 0.0236. The summed E-state index contributed by atoms with van der Waals surface area (Å²) in [7, 11) is 0. The number of thioether (sulfide) groups is 1. The second-order valence-electron chi connectivity index (χ2n) is 4.72. The Kier molecular flexibility index (Phi) is 6.50. The molecule has 4 nitrogen and oxygen atoms in total. The van der Waals surface area contributed by atoms with Crippen LogP contribution in [0.5, 0.6) is 0 Å². The van der Waals surface area contributed by atoms with E-state index >= 15 is 0 Å². The van der Waals surface area contributed by atoms with Gasteiger partial charge in [0.25, 0.3) is 0 Å². The largest absolute Gasteiger partial charge is 0.335 e. The quantitative estimate of drug-likeness (QED) is 0.538. The molecule has 0 radical (unpaired) electrons. The Morgan fingerprint density at radius 2 is 2.09 bits per heavy atom. The number of rotatable bonds is 8. The molecule has 1 aromatic carbocycles. The van der Waals surface area contributed by atoms with Crippen molar-refractivity contribution in [3.63, 3.8) is 0 Å². The molecule has 1 heterocycles. The molecule has 1 aromatic heterocycles. The zero-order valence-electron chi connectivity index (χ0n) is 12.7. The van der Waals surface area contributed by atoms with Gasteiger partial charge in [-0.2, -0.15) is 0 Å². The Morgan fingerprint density at radius 1 is 1.35 bits per heavy atom. The molecule has 0 aliphatic rings. The number of halogens is 1. The molecule has 0 atom stereocenters. The second-order valence-corrected chi connectivity index (χ2v) is 6.10. The topological polar surface area (TPSA) is 38.1 Å². The highest BCUT2D eigenvalue weighted by Crippen LogP contribution is 2.22. The number of aromatic nitrogens is 2. The van der Waals surface area contributed by atoms with E-state index in [2.05, 4.69) is 18.1 Å². The van der Waals surface area contributed by atoms with Gasteiger partial charge in [0.2, 0.25) is 5.91 Å². The molecule has 0 aliphatic heterocycles. The first-order chi connectivity index (χ1) is 11.2. The van der Waals surface area contributed by atoms with Crippen LogP contribution >= 0.6 is 23.4 Å². The molecule has 1 amide bonds. The van der Waals surface area contributed by atoms with Crippen LogP contribution in [0.1, 0.15) is 0 Å². The SMILES string of the molecule is C=CCN(CC=C)C(=O)CSc1nccn1-c1cccc(Cl)c1. The van der Waals surface area contributed by atoms with E-state index in [1.807, 2.05) is 35.0 Å². The Balaban J connectivity index is 2.07. The van der Waals surface area contributed by atoms with Crippen LogP contribution in [0, 0.1) is 0 Å². The highest BCUT2D eigenvalue weighted by atomic mass is 35.5. The number of nitrogens with zero attached hydrogens (tertiary/aromatic N) is 3. The van der Waals surface area contributed by atoms with Crippen molar-refractivity contribution in [2.75, 3.05) is 18.8 Å². The summed E-state index contributed by atoms with van der Waals surface area (Å²) >= 11 is 7.42. The van der Waals surface area contributed by atoms with Crippen LogP contribution in [-0.4, -0.2) is 39.2 Å². The van der Waals surface area contributed by atoms with Crippen LogP contribution in [-0.2, 0) is 4.79 Å². The average Bonchev–Trinajstić information content (AvgIpc) is 3.01. The van der Waals surface area contributed by atoms with Crippen molar-refractivity contribution in [1.29, 1.82) is 0 Å². The van der Waals surface area contributed by atoms with E-state index < -0.39 is 0 Å². The summed E-state index contributed by atoms with van der Waals surface area (Å²) in [5.41, 5.74) is 0.916. The lowest BCUT2D eigenvalue weighted by molar-refractivity contribution is -0.127. The number of carbonyl (C=O) groups is 1. The summed E-state index contributed by atoms with van der Waals surface area (Å²) in [6.45, 7) is 8.36. The van der Waals surface area contributed by atoms with E-state index in [4.69, 9.17) is 11.6 Å². The lowest BCUT2D eigenvalue weighted by atomic mass is 10.3. The standard InChI is InChI=1S/C17H18ClN3OS/c1-3-9-20(10-4-2)16(22)13-23-17-19-8-11-21(17)15-7-5-6-14(18)12-15/h3-8,11-12H,1-2,9-10,13H2. The third-order valence-electron chi connectivity index (χ3n) is 3.07. The molecule has 0 saturated heterocycles. The maximum Gasteiger partial charge on any atom is 0.233 e. The summed E-state index contributed by atoms with van der Waals surface area (Å²) < 4.78 is 1.91.